The smallest absolute Gasteiger partial charge is 0.284 e. The first-order chi connectivity index (χ1) is 11.4. The van der Waals surface area contributed by atoms with Crippen LogP contribution in [-0.2, 0) is 4.79 Å². The number of hydrazone groups is 1. The Balaban J connectivity index is 1.52. The van der Waals surface area contributed by atoms with Crippen LogP contribution in [0, 0.1) is 11.3 Å². The number of carbonyl (C=O) groups is 1. The monoisotopic (exact) mass is 330 g/mol. The molecule has 0 radical (unpaired) electrons. The van der Waals surface area contributed by atoms with Crippen LogP contribution in [0.15, 0.2) is 29.4 Å². The summed E-state index contributed by atoms with van der Waals surface area (Å²) in [5.74, 6) is 1.74. The van der Waals surface area contributed by atoms with Gasteiger partial charge in [0.1, 0.15) is 6.61 Å². The normalized spacial score (nSPS) is 23.5. The molecule has 1 aliphatic heterocycles. The summed E-state index contributed by atoms with van der Waals surface area (Å²) in [6, 6.07) is 7.37. The first-order valence-electron chi connectivity index (χ1n) is 8.67. The lowest BCUT2D eigenvalue weighted by atomic mass is 9.72. The van der Waals surface area contributed by atoms with E-state index in [0.29, 0.717) is 16.9 Å². The molecule has 0 unspecified atom stereocenters. The molecule has 1 aliphatic carbocycles. The summed E-state index contributed by atoms with van der Waals surface area (Å²) in [7, 11) is 0. The number of amides is 1. The minimum Gasteiger partial charge on any atom is -0.485 e. The number of fused-ring (bicyclic) bond motifs is 1. The van der Waals surface area contributed by atoms with E-state index in [0.717, 1.165) is 37.3 Å². The second-order valence-electron chi connectivity index (χ2n) is 7.66. The molecule has 0 bridgehead atoms. The molecule has 1 heterocycles. The van der Waals surface area contributed by atoms with Crippen molar-refractivity contribution in [2.24, 2.45) is 16.4 Å². The van der Waals surface area contributed by atoms with E-state index in [1.807, 2.05) is 18.2 Å². The summed E-state index contributed by atoms with van der Waals surface area (Å²) in [5, 5.41) is 4.31. The Morgan fingerprint density at radius 2 is 1.83 bits per heavy atom. The highest BCUT2D eigenvalue weighted by Crippen LogP contribution is 2.36. The number of benzene rings is 1. The van der Waals surface area contributed by atoms with Crippen molar-refractivity contribution in [1.82, 2.24) is 5.43 Å². The quantitative estimate of drug-likeness (QED) is 0.844. The zero-order chi connectivity index (χ0) is 17.2. The summed E-state index contributed by atoms with van der Waals surface area (Å²) in [6.45, 7) is 7.08. The molecular formula is C19H26N2O3. The number of ether oxygens (including phenoxy) is 2. The minimum absolute atomic E-state index is 0.208. The molecule has 24 heavy (non-hydrogen) atoms. The van der Waals surface area contributed by atoms with Crippen LogP contribution in [0.4, 0.5) is 0 Å². The van der Waals surface area contributed by atoms with E-state index in [1.54, 1.807) is 6.07 Å². The van der Waals surface area contributed by atoms with Crippen LogP contribution in [-0.4, -0.2) is 24.3 Å². The van der Waals surface area contributed by atoms with Gasteiger partial charge in [-0.15, -0.1) is 0 Å². The molecule has 1 amide bonds. The summed E-state index contributed by atoms with van der Waals surface area (Å²) in [4.78, 5) is 12.3. The third kappa shape index (κ3) is 3.89. The van der Waals surface area contributed by atoms with Crippen molar-refractivity contribution < 1.29 is 14.3 Å². The fourth-order valence-electron chi connectivity index (χ4n) is 3.28. The molecule has 1 aromatic carbocycles. The highest BCUT2D eigenvalue weighted by molar-refractivity contribution is 5.88. The Morgan fingerprint density at radius 1 is 1.17 bits per heavy atom. The summed E-state index contributed by atoms with van der Waals surface area (Å²) < 4.78 is 11.3. The van der Waals surface area contributed by atoms with Crippen LogP contribution in [0.2, 0.25) is 0 Å². The maximum absolute atomic E-state index is 12.3. The molecule has 0 saturated heterocycles. The van der Waals surface area contributed by atoms with Gasteiger partial charge in [-0.2, -0.15) is 5.10 Å². The molecule has 3 rings (SSSR count). The zero-order valence-corrected chi connectivity index (χ0v) is 14.7. The van der Waals surface area contributed by atoms with Gasteiger partial charge in [-0.1, -0.05) is 32.9 Å². The van der Waals surface area contributed by atoms with Gasteiger partial charge in [0.25, 0.3) is 5.91 Å². The van der Waals surface area contributed by atoms with Crippen molar-refractivity contribution >= 4 is 11.6 Å². The highest BCUT2D eigenvalue weighted by Gasteiger charge is 2.29. The van der Waals surface area contributed by atoms with Gasteiger partial charge in [-0.3, -0.25) is 4.79 Å². The third-order valence-corrected chi connectivity index (χ3v) is 4.91. The first kappa shape index (κ1) is 16.8. The van der Waals surface area contributed by atoms with Gasteiger partial charge in [0.2, 0.25) is 6.10 Å². The highest BCUT2D eigenvalue weighted by atomic mass is 16.6. The SMILES string of the molecule is CC(C)(C)C1CCC(=NNC(=O)[C@H]2COc3ccccc3O2)CC1. The minimum atomic E-state index is -0.657. The van der Waals surface area contributed by atoms with Gasteiger partial charge >= 0.3 is 0 Å². The number of nitrogens with zero attached hydrogens (tertiary/aromatic N) is 1. The average Bonchev–Trinajstić information content (AvgIpc) is 2.59. The molecule has 0 spiro atoms. The average molecular weight is 330 g/mol. The van der Waals surface area contributed by atoms with Crippen LogP contribution in [0.3, 0.4) is 0 Å². The van der Waals surface area contributed by atoms with Crippen molar-refractivity contribution in [2.45, 2.75) is 52.6 Å². The lowest BCUT2D eigenvalue weighted by molar-refractivity contribution is -0.130. The van der Waals surface area contributed by atoms with E-state index in [1.165, 1.54) is 0 Å². The zero-order valence-electron chi connectivity index (χ0n) is 14.7. The van der Waals surface area contributed by atoms with Crippen LogP contribution >= 0.6 is 0 Å². The van der Waals surface area contributed by atoms with Crippen molar-refractivity contribution in [2.75, 3.05) is 6.61 Å². The maximum atomic E-state index is 12.3. The standard InChI is InChI=1S/C19H26N2O3/c1-19(2,3)13-8-10-14(11-9-13)20-21-18(22)17-12-23-15-6-4-5-7-16(15)24-17/h4-7,13,17H,8-12H2,1-3H3,(H,21,22)/t13?,17-/m1/s1. The van der Waals surface area contributed by atoms with E-state index in [-0.39, 0.29) is 12.5 Å². The van der Waals surface area contributed by atoms with Crippen molar-refractivity contribution in [3.63, 3.8) is 0 Å². The molecule has 130 valence electrons. The van der Waals surface area contributed by atoms with Gasteiger partial charge in [-0.05, 0) is 49.1 Å². The van der Waals surface area contributed by atoms with Crippen LogP contribution in [0.5, 0.6) is 11.5 Å². The molecule has 2 aliphatic rings. The fourth-order valence-corrected chi connectivity index (χ4v) is 3.28. The summed E-state index contributed by atoms with van der Waals surface area (Å²) in [6.07, 6.45) is 3.51. The fraction of sp³-hybridized carbons (Fsp3) is 0.579. The molecule has 1 aromatic rings. The number of carbonyl (C=O) groups excluding carboxylic acids is 1. The Hall–Kier alpha value is -2.04. The van der Waals surface area contributed by atoms with Crippen molar-refractivity contribution in [1.29, 1.82) is 0 Å². The van der Waals surface area contributed by atoms with E-state index < -0.39 is 6.10 Å². The van der Waals surface area contributed by atoms with E-state index in [4.69, 9.17) is 9.47 Å². The van der Waals surface area contributed by atoms with Crippen LogP contribution in [0.25, 0.3) is 0 Å². The number of hydrogen-bond donors (Lipinski definition) is 1. The molecule has 5 heteroatoms. The summed E-state index contributed by atoms with van der Waals surface area (Å²) >= 11 is 0. The third-order valence-electron chi connectivity index (χ3n) is 4.91. The molecule has 1 saturated carbocycles. The van der Waals surface area contributed by atoms with Gasteiger partial charge < -0.3 is 9.47 Å². The lowest BCUT2D eigenvalue weighted by Crippen LogP contribution is -2.42. The van der Waals surface area contributed by atoms with E-state index in [9.17, 15) is 4.79 Å². The number of rotatable bonds is 2. The maximum Gasteiger partial charge on any atom is 0.284 e. The van der Waals surface area contributed by atoms with Crippen LogP contribution < -0.4 is 14.9 Å². The topological polar surface area (TPSA) is 59.9 Å². The molecule has 1 atom stereocenters. The molecule has 5 nitrogen and oxygen atoms in total. The van der Waals surface area contributed by atoms with E-state index >= 15 is 0 Å². The summed E-state index contributed by atoms with van der Waals surface area (Å²) in [5.41, 5.74) is 4.06. The second-order valence-corrected chi connectivity index (χ2v) is 7.66. The van der Waals surface area contributed by atoms with Crippen LogP contribution in [0.1, 0.15) is 46.5 Å². The van der Waals surface area contributed by atoms with Crippen molar-refractivity contribution in [3.05, 3.63) is 24.3 Å². The Labute approximate surface area is 143 Å². The number of nitrogens with one attached hydrogen (secondary N) is 1. The predicted octanol–water partition coefficient (Wildman–Crippen LogP) is 3.53. The predicted molar refractivity (Wildman–Crippen MR) is 93.3 cm³/mol. The largest absolute Gasteiger partial charge is 0.485 e. The Bertz CT molecular complexity index is 624. The Morgan fingerprint density at radius 3 is 2.50 bits per heavy atom. The van der Waals surface area contributed by atoms with Gasteiger partial charge in [0.15, 0.2) is 11.5 Å². The van der Waals surface area contributed by atoms with Crippen molar-refractivity contribution in [3.8, 4) is 11.5 Å². The Kier molecular flexibility index (Phi) is 4.78. The molecular weight excluding hydrogens is 304 g/mol. The molecule has 0 aromatic heterocycles. The van der Waals surface area contributed by atoms with E-state index in [2.05, 4.69) is 31.3 Å². The second kappa shape index (κ2) is 6.83. The van der Waals surface area contributed by atoms with Gasteiger partial charge in [-0.25, -0.2) is 5.43 Å². The molecule has 1 fully saturated rings. The number of hydrogen-bond acceptors (Lipinski definition) is 4. The first-order valence-corrected chi connectivity index (χ1v) is 8.67. The van der Waals surface area contributed by atoms with Gasteiger partial charge in [0.05, 0.1) is 0 Å². The number of para-hydroxylation sites is 2. The van der Waals surface area contributed by atoms with Gasteiger partial charge in [0, 0.05) is 5.71 Å². The lowest BCUT2D eigenvalue weighted by Gasteiger charge is -2.34. The molecule has 1 N–H and O–H groups in total.